The first-order chi connectivity index (χ1) is 9.26. The van der Waals surface area contributed by atoms with Gasteiger partial charge in [-0.2, -0.15) is 0 Å². The van der Waals surface area contributed by atoms with Crippen molar-refractivity contribution in [1.29, 1.82) is 0 Å². The second kappa shape index (κ2) is 6.90. The molecule has 0 aliphatic rings. The maximum Gasteiger partial charge on any atom is 0.330 e. The SMILES string of the molecule is COC(=O)C(C)(C)NC(=O)/C=C/c1ccc(Br)c(Cl)c1. The predicted molar refractivity (Wildman–Crippen MR) is 82.4 cm³/mol. The first kappa shape index (κ1) is 16.7. The summed E-state index contributed by atoms with van der Waals surface area (Å²) in [6, 6.07) is 5.32. The van der Waals surface area contributed by atoms with E-state index in [0.717, 1.165) is 10.0 Å². The van der Waals surface area contributed by atoms with Gasteiger partial charge in [0.1, 0.15) is 5.54 Å². The second-order valence-electron chi connectivity index (χ2n) is 4.61. The molecule has 0 heterocycles. The third-order valence-electron chi connectivity index (χ3n) is 2.50. The molecule has 0 aliphatic heterocycles. The lowest BCUT2D eigenvalue weighted by Gasteiger charge is -2.22. The molecule has 0 saturated carbocycles. The van der Waals surface area contributed by atoms with Crippen LogP contribution in [-0.4, -0.2) is 24.5 Å². The van der Waals surface area contributed by atoms with Gasteiger partial charge in [-0.05, 0) is 53.5 Å². The van der Waals surface area contributed by atoms with Gasteiger partial charge >= 0.3 is 5.97 Å². The number of rotatable bonds is 4. The molecule has 0 aliphatic carbocycles. The summed E-state index contributed by atoms with van der Waals surface area (Å²) in [4.78, 5) is 23.2. The van der Waals surface area contributed by atoms with Crippen LogP contribution >= 0.6 is 27.5 Å². The second-order valence-corrected chi connectivity index (χ2v) is 5.87. The van der Waals surface area contributed by atoms with Gasteiger partial charge in [0.25, 0.3) is 0 Å². The van der Waals surface area contributed by atoms with Crippen molar-refractivity contribution in [2.75, 3.05) is 7.11 Å². The number of carbonyl (C=O) groups is 2. The monoisotopic (exact) mass is 359 g/mol. The Labute approximate surface area is 131 Å². The van der Waals surface area contributed by atoms with Gasteiger partial charge in [-0.3, -0.25) is 4.79 Å². The number of hydrogen-bond acceptors (Lipinski definition) is 3. The lowest BCUT2D eigenvalue weighted by Crippen LogP contribution is -2.49. The van der Waals surface area contributed by atoms with Gasteiger partial charge < -0.3 is 10.1 Å². The largest absolute Gasteiger partial charge is 0.467 e. The normalized spacial score (nSPS) is 11.4. The topological polar surface area (TPSA) is 55.4 Å². The molecular weight excluding hydrogens is 346 g/mol. The minimum atomic E-state index is -1.08. The van der Waals surface area contributed by atoms with Crippen molar-refractivity contribution in [3.05, 3.63) is 39.3 Å². The van der Waals surface area contributed by atoms with Crippen LogP contribution in [0.1, 0.15) is 19.4 Å². The summed E-state index contributed by atoms with van der Waals surface area (Å²) in [5.41, 5.74) is -0.294. The fourth-order valence-electron chi connectivity index (χ4n) is 1.44. The average molecular weight is 361 g/mol. The molecule has 0 aromatic heterocycles. The van der Waals surface area contributed by atoms with Crippen LogP contribution in [0, 0.1) is 0 Å². The van der Waals surface area contributed by atoms with Gasteiger partial charge in [-0.15, -0.1) is 0 Å². The summed E-state index contributed by atoms with van der Waals surface area (Å²) in [7, 11) is 1.27. The minimum absolute atomic E-state index is 0.389. The van der Waals surface area contributed by atoms with Crippen molar-refractivity contribution in [2.24, 2.45) is 0 Å². The lowest BCUT2D eigenvalue weighted by molar-refractivity contribution is -0.148. The Hall–Kier alpha value is -1.33. The molecule has 1 amide bonds. The maximum atomic E-state index is 11.8. The summed E-state index contributed by atoms with van der Waals surface area (Å²) in [5.74, 6) is -0.898. The molecule has 1 aromatic rings. The first-order valence-electron chi connectivity index (χ1n) is 5.80. The molecule has 4 nitrogen and oxygen atoms in total. The highest BCUT2D eigenvalue weighted by Gasteiger charge is 2.29. The van der Waals surface area contributed by atoms with Gasteiger partial charge in [0.05, 0.1) is 12.1 Å². The molecular formula is C14H15BrClNO3. The Kier molecular flexibility index (Phi) is 5.77. The first-order valence-corrected chi connectivity index (χ1v) is 6.97. The van der Waals surface area contributed by atoms with Crippen molar-refractivity contribution in [1.82, 2.24) is 5.32 Å². The number of benzene rings is 1. The Morgan fingerprint density at radius 1 is 1.40 bits per heavy atom. The number of nitrogens with one attached hydrogen (secondary N) is 1. The Balaban J connectivity index is 2.73. The van der Waals surface area contributed by atoms with E-state index < -0.39 is 11.5 Å². The molecule has 0 fully saturated rings. The van der Waals surface area contributed by atoms with Crippen molar-refractivity contribution in [3.8, 4) is 0 Å². The molecule has 0 atom stereocenters. The van der Waals surface area contributed by atoms with Gasteiger partial charge in [0, 0.05) is 10.5 Å². The summed E-state index contributed by atoms with van der Waals surface area (Å²) in [6.45, 7) is 3.14. The summed E-state index contributed by atoms with van der Waals surface area (Å²) < 4.78 is 5.39. The molecule has 6 heteroatoms. The van der Waals surface area contributed by atoms with E-state index in [0.29, 0.717) is 5.02 Å². The van der Waals surface area contributed by atoms with Gasteiger partial charge in [0.15, 0.2) is 0 Å². The van der Waals surface area contributed by atoms with E-state index in [4.69, 9.17) is 11.6 Å². The van der Waals surface area contributed by atoms with Crippen LogP contribution in [0.3, 0.4) is 0 Å². The smallest absolute Gasteiger partial charge is 0.330 e. The fourth-order valence-corrected chi connectivity index (χ4v) is 1.88. The number of ether oxygens (including phenoxy) is 1. The molecule has 1 aromatic carbocycles. The van der Waals surface area contributed by atoms with E-state index in [1.807, 2.05) is 6.07 Å². The zero-order valence-corrected chi connectivity index (χ0v) is 13.7. The molecule has 1 rings (SSSR count). The third kappa shape index (κ3) is 4.65. The van der Waals surface area contributed by atoms with Crippen molar-refractivity contribution in [3.63, 3.8) is 0 Å². The van der Waals surface area contributed by atoms with Crippen molar-refractivity contribution < 1.29 is 14.3 Å². The highest BCUT2D eigenvalue weighted by molar-refractivity contribution is 9.10. The van der Waals surface area contributed by atoms with Crippen molar-refractivity contribution in [2.45, 2.75) is 19.4 Å². The van der Waals surface area contributed by atoms with Crippen LogP contribution in [0.4, 0.5) is 0 Å². The minimum Gasteiger partial charge on any atom is -0.467 e. The summed E-state index contributed by atoms with van der Waals surface area (Å²) in [5, 5.41) is 3.12. The number of esters is 1. The molecule has 0 unspecified atom stereocenters. The van der Waals surface area contributed by atoms with Gasteiger partial charge in [0.2, 0.25) is 5.91 Å². The lowest BCUT2D eigenvalue weighted by atomic mass is 10.1. The highest BCUT2D eigenvalue weighted by Crippen LogP contribution is 2.23. The molecule has 20 heavy (non-hydrogen) atoms. The fraction of sp³-hybridized carbons (Fsp3) is 0.286. The number of halogens is 2. The third-order valence-corrected chi connectivity index (χ3v) is 3.73. The van der Waals surface area contributed by atoms with E-state index in [-0.39, 0.29) is 5.91 Å². The zero-order chi connectivity index (χ0) is 15.3. The molecule has 1 N–H and O–H groups in total. The molecule has 0 spiro atoms. The molecule has 0 bridgehead atoms. The van der Waals surface area contributed by atoms with E-state index in [1.54, 1.807) is 32.1 Å². The molecule has 0 radical (unpaired) electrons. The van der Waals surface area contributed by atoms with E-state index in [2.05, 4.69) is 26.0 Å². The van der Waals surface area contributed by atoms with Crippen LogP contribution in [-0.2, 0) is 14.3 Å². The van der Waals surface area contributed by atoms with Gasteiger partial charge in [-0.25, -0.2) is 4.79 Å². The Morgan fingerprint density at radius 2 is 2.05 bits per heavy atom. The van der Waals surface area contributed by atoms with E-state index in [1.165, 1.54) is 13.2 Å². The average Bonchev–Trinajstić information content (AvgIpc) is 2.38. The van der Waals surface area contributed by atoms with Crippen LogP contribution in [0.25, 0.3) is 6.08 Å². The number of carbonyl (C=O) groups excluding carboxylic acids is 2. The van der Waals surface area contributed by atoms with E-state index in [9.17, 15) is 9.59 Å². The number of hydrogen-bond donors (Lipinski definition) is 1. The molecule has 108 valence electrons. The zero-order valence-electron chi connectivity index (χ0n) is 11.4. The Morgan fingerprint density at radius 3 is 2.60 bits per heavy atom. The van der Waals surface area contributed by atoms with Crippen LogP contribution < -0.4 is 5.32 Å². The number of methoxy groups -OCH3 is 1. The standard InChI is InChI=1S/C14H15BrClNO3/c1-14(2,13(19)20-3)17-12(18)7-5-9-4-6-10(15)11(16)8-9/h4-8H,1-3H3,(H,17,18)/b7-5+. The van der Waals surface area contributed by atoms with E-state index >= 15 is 0 Å². The highest BCUT2D eigenvalue weighted by atomic mass is 79.9. The quantitative estimate of drug-likeness (QED) is 0.663. The van der Waals surface area contributed by atoms with Crippen LogP contribution in [0.2, 0.25) is 5.02 Å². The van der Waals surface area contributed by atoms with Crippen LogP contribution in [0.15, 0.2) is 28.7 Å². The maximum absolute atomic E-state index is 11.8. The summed E-state index contributed by atoms with van der Waals surface area (Å²) in [6.07, 6.45) is 2.95. The summed E-state index contributed by atoms with van der Waals surface area (Å²) >= 11 is 9.24. The van der Waals surface area contributed by atoms with Crippen molar-refractivity contribution >= 4 is 45.5 Å². The number of amides is 1. The Bertz CT molecular complexity index is 555. The van der Waals surface area contributed by atoms with Gasteiger partial charge in [-0.1, -0.05) is 17.7 Å². The predicted octanol–water partition coefficient (Wildman–Crippen LogP) is 3.18. The van der Waals surface area contributed by atoms with Crippen LogP contribution in [0.5, 0.6) is 0 Å². The molecule has 0 saturated heterocycles.